The van der Waals surface area contributed by atoms with E-state index in [1.807, 2.05) is 36.4 Å². The zero-order valence-corrected chi connectivity index (χ0v) is 16.9. The van der Waals surface area contributed by atoms with Crippen LogP contribution in [0.3, 0.4) is 0 Å². The summed E-state index contributed by atoms with van der Waals surface area (Å²) in [6.07, 6.45) is 2.69. The summed E-state index contributed by atoms with van der Waals surface area (Å²) in [6.45, 7) is 5.35. The van der Waals surface area contributed by atoms with Gasteiger partial charge in [-0.05, 0) is 44.5 Å². The molecular formula is C20H20BrN3O3. The van der Waals surface area contributed by atoms with Crippen molar-refractivity contribution >= 4 is 33.6 Å². The summed E-state index contributed by atoms with van der Waals surface area (Å²) in [5, 5.41) is 0. The fourth-order valence-corrected chi connectivity index (χ4v) is 2.92. The monoisotopic (exact) mass is 429 g/mol. The number of carbonyl (C=O) groups excluding carboxylic acids is 2. The Balaban J connectivity index is 1.96. The molecule has 7 heteroatoms. The van der Waals surface area contributed by atoms with Crippen LogP contribution in [0, 0.1) is 0 Å². The average Bonchev–Trinajstić information content (AvgIpc) is 3.03. The molecule has 1 aromatic carbocycles. The molecule has 3 rings (SSSR count). The van der Waals surface area contributed by atoms with Gasteiger partial charge in [-0.1, -0.05) is 40.2 Å². The number of carbonyl (C=O) groups is 2. The first-order chi connectivity index (χ1) is 12.7. The molecular weight excluding hydrogens is 410 g/mol. The highest BCUT2D eigenvalue weighted by Crippen LogP contribution is 2.21. The number of fused-ring (bicyclic) bond motifs is 1. The zero-order chi connectivity index (χ0) is 19.6. The van der Waals surface area contributed by atoms with Crippen LogP contribution in [0.25, 0.3) is 5.65 Å². The third kappa shape index (κ3) is 4.54. The maximum absolute atomic E-state index is 13.1. The fraction of sp³-hybridized carbons (Fsp3) is 0.250. The summed E-state index contributed by atoms with van der Waals surface area (Å²) in [4.78, 5) is 31.2. The number of aromatic nitrogens is 2. The van der Waals surface area contributed by atoms with Crippen molar-refractivity contribution in [2.24, 2.45) is 0 Å². The quantitative estimate of drug-likeness (QED) is 0.606. The molecule has 0 fully saturated rings. The minimum Gasteiger partial charge on any atom is -0.443 e. The largest absolute Gasteiger partial charge is 0.443 e. The minimum absolute atomic E-state index is 0.0725. The van der Waals surface area contributed by atoms with E-state index in [1.54, 1.807) is 43.6 Å². The van der Waals surface area contributed by atoms with Crippen LogP contribution in [0.1, 0.15) is 36.8 Å². The molecule has 2 amide bonds. The molecule has 140 valence electrons. The number of amides is 2. The van der Waals surface area contributed by atoms with Crippen LogP contribution in [0.4, 0.5) is 4.79 Å². The van der Waals surface area contributed by atoms with Gasteiger partial charge < -0.3 is 9.14 Å². The van der Waals surface area contributed by atoms with E-state index in [9.17, 15) is 9.59 Å². The molecule has 0 aliphatic heterocycles. The Labute approximate surface area is 165 Å². The Hall–Kier alpha value is -2.67. The second kappa shape index (κ2) is 7.52. The lowest BCUT2D eigenvalue weighted by molar-refractivity contribution is 0.0225. The van der Waals surface area contributed by atoms with Crippen LogP contribution in [0.5, 0.6) is 0 Å². The van der Waals surface area contributed by atoms with Crippen molar-refractivity contribution in [3.05, 3.63) is 70.6 Å². The summed E-state index contributed by atoms with van der Waals surface area (Å²) >= 11 is 3.46. The standard InChI is InChI=1S/C20H20BrN3O3/c1-20(2,3)27-19(26)24(12-14-8-4-5-9-15(14)21)18(25)16-13-23-11-7-6-10-17(23)22-16/h4-11,13H,12H2,1-3H3. The molecule has 3 aromatic rings. The molecule has 2 aromatic heterocycles. The van der Waals surface area contributed by atoms with E-state index in [2.05, 4.69) is 20.9 Å². The number of halogens is 1. The number of rotatable bonds is 3. The van der Waals surface area contributed by atoms with Crippen LogP contribution in [0.2, 0.25) is 0 Å². The smallest absolute Gasteiger partial charge is 0.417 e. The van der Waals surface area contributed by atoms with Crippen molar-refractivity contribution in [3.63, 3.8) is 0 Å². The van der Waals surface area contributed by atoms with Crippen molar-refractivity contribution in [2.45, 2.75) is 32.9 Å². The lowest BCUT2D eigenvalue weighted by atomic mass is 10.2. The predicted molar refractivity (Wildman–Crippen MR) is 105 cm³/mol. The zero-order valence-electron chi connectivity index (χ0n) is 15.3. The van der Waals surface area contributed by atoms with Gasteiger partial charge in [0.1, 0.15) is 16.9 Å². The summed E-state index contributed by atoms with van der Waals surface area (Å²) in [5.41, 5.74) is 0.882. The van der Waals surface area contributed by atoms with Crippen molar-refractivity contribution < 1.29 is 14.3 Å². The van der Waals surface area contributed by atoms with E-state index in [0.29, 0.717) is 5.65 Å². The van der Waals surface area contributed by atoms with Crippen LogP contribution >= 0.6 is 15.9 Å². The van der Waals surface area contributed by atoms with Crippen molar-refractivity contribution in [1.82, 2.24) is 14.3 Å². The highest BCUT2D eigenvalue weighted by atomic mass is 79.9. The topological polar surface area (TPSA) is 63.9 Å². The van der Waals surface area contributed by atoms with E-state index in [0.717, 1.165) is 14.9 Å². The van der Waals surface area contributed by atoms with E-state index < -0.39 is 17.6 Å². The maximum Gasteiger partial charge on any atom is 0.417 e. The number of imidazole rings is 1. The summed E-state index contributed by atoms with van der Waals surface area (Å²) < 4.78 is 7.99. The van der Waals surface area contributed by atoms with Gasteiger partial charge in [0.05, 0.1) is 6.54 Å². The molecule has 0 aliphatic rings. The molecule has 0 atom stereocenters. The van der Waals surface area contributed by atoms with Gasteiger partial charge in [-0.15, -0.1) is 0 Å². The lowest BCUT2D eigenvalue weighted by Crippen LogP contribution is -2.40. The Kier molecular flexibility index (Phi) is 5.32. The van der Waals surface area contributed by atoms with Gasteiger partial charge in [-0.25, -0.2) is 14.7 Å². The molecule has 0 saturated heterocycles. The van der Waals surface area contributed by atoms with E-state index >= 15 is 0 Å². The van der Waals surface area contributed by atoms with E-state index in [4.69, 9.17) is 4.74 Å². The van der Waals surface area contributed by atoms with E-state index in [1.165, 1.54) is 0 Å². The highest BCUT2D eigenvalue weighted by Gasteiger charge is 2.30. The van der Waals surface area contributed by atoms with Gasteiger partial charge in [0.15, 0.2) is 0 Å². The average molecular weight is 430 g/mol. The number of nitrogens with zero attached hydrogens (tertiary/aromatic N) is 3. The normalized spacial score (nSPS) is 11.4. The Morgan fingerprint density at radius 1 is 1.15 bits per heavy atom. The molecule has 27 heavy (non-hydrogen) atoms. The van der Waals surface area contributed by atoms with Gasteiger partial charge in [0.2, 0.25) is 0 Å². The first-order valence-electron chi connectivity index (χ1n) is 8.46. The molecule has 0 spiro atoms. The summed E-state index contributed by atoms with van der Waals surface area (Å²) in [7, 11) is 0. The number of hydrogen-bond donors (Lipinski definition) is 0. The molecule has 0 saturated carbocycles. The van der Waals surface area contributed by atoms with Crippen molar-refractivity contribution in [1.29, 1.82) is 0 Å². The Morgan fingerprint density at radius 2 is 1.85 bits per heavy atom. The first kappa shape index (κ1) is 19.1. The fourth-order valence-electron chi connectivity index (χ4n) is 2.51. The summed E-state index contributed by atoms with van der Waals surface area (Å²) in [5.74, 6) is -0.510. The van der Waals surface area contributed by atoms with Gasteiger partial charge in [0, 0.05) is 16.9 Å². The second-order valence-corrected chi connectivity index (χ2v) is 7.91. The van der Waals surface area contributed by atoms with Gasteiger partial charge >= 0.3 is 6.09 Å². The van der Waals surface area contributed by atoms with Gasteiger partial charge in [-0.2, -0.15) is 0 Å². The van der Waals surface area contributed by atoms with Gasteiger partial charge in [0.25, 0.3) is 5.91 Å². The maximum atomic E-state index is 13.1. The van der Waals surface area contributed by atoms with Crippen LogP contribution in [-0.2, 0) is 11.3 Å². The second-order valence-electron chi connectivity index (χ2n) is 7.06. The van der Waals surface area contributed by atoms with E-state index in [-0.39, 0.29) is 12.2 Å². The molecule has 6 nitrogen and oxygen atoms in total. The van der Waals surface area contributed by atoms with Crippen molar-refractivity contribution in [3.8, 4) is 0 Å². The molecule has 0 radical (unpaired) electrons. The molecule has 0 unspecified atom stereocenters. The molecule has 2 heterocycles. The molecule has 0 bridgehead atoms. The summed E-state index contributed by atoms with van der Waals surface area (Å²) in [6, 6.07) is 12.9. The first-order valence-corrected chi connectivity index (χ1v) is 9.26. The van der Waals surface area contributed by atoms with Gasteiger partial charge in [-0.3, -0.25) is 4.79 Å². The van der Waals surface area contributed by atoms with Crippen molar-refractivity contribution in [2.75, 3.05) is 0 Å². The third-order valence-corrected chi connectivity index (χ3v) is 4.50. The number of ether oxygens (including phenoxy) is 1. The molecule has 0 N–H and O–H groups in total. The third-order valence-electron chi connectivity index (χ3n) is 3.73. The molecule has 0 aliphatic carbocycles. The predicted octanol–water partition coefficient (Wildman–Crippen LogP) is 4.67. The highest BCUT2D eigenvalue weighted by molar-refractivity contribution is 9.10. The Morgan fingerprint density at radius 3 is 2.52 bits per heavy atom. The number of benzene rings is 1. The van der Waals surface area contributed by atoms with Crippen LogP contribution < -0.4 is 0 Å². The number of pyridine rings is 1. The minimum atomic E-state index is -0.720. The van der Waals surface area contributed by atoms with Crippen LogP contribution in [-0.4, -0.2) is 31.9 Å². The van der Waals surface area contributed by atoms with Crippen LogP contribution in [0.15, 0.2) is 59.3 Å². The SMILES string of the molecule is CC(C)(C)OC(=O)N(Cc1ccccc1Br)C(=O)c1cn2ccccc2n1. The number of imide groups is 1. The Bertz CT molecular complexity index is 958. The lowest BCUT2D eigenvalue weighted by Gasteiger charge is -2.26. The number of hydrogen-bond acceptors (Lipinski definition) is 4.